The molecule has 2 aromatic carbocycles. The van der Waals surface area contributed by atoms with Crippen molar-refractivity contribution in [2.75, 3.05) is 26.3 Å². The summed E-state index contributed by atoms with van der Waals surface area (Å²) in [5.74, 6) is 1.31. The summed E-state index contributed by atoms with van der Waals surface area (Å²) >= 11 is 0. The van der Waals surface area contributed by atoms with E-state index in [1.165, 1.54) is 5.57 Å². The molecule has 2 rings (SSSR count). The van der Waals surface area contributed by atoms with Crippen molar-refractivity contribution in [3.8, 4) is 11.5 Å². The van der Waals surface area contributed by atoms with Gasteiger partial charge in [0, 0.05) is 0 Å². The fraction of sp³-hybridized carbons (Fsp3) is 0.391. The summed E-state index contributed by atoms with van der Waals surface area (Å²) in [5, 5.41) is 3.27. The van der Waals surface area contributed by atoms with Crippen LogP contribution in [0.15, 0.2) is 70.0 Å². The maximum atomic E-state index is 12.8. The van der Waals surface area contributed by atoms with Gasteiger partial charge in [-0.05, 0) is 94.4 Å². The standard InChI is InChI=1S/C23H31NO4S/c1-4-24-16-5-6-17-27-20-7-11-22(12-8-20)29(25,26)23-13-9-21(10-14-23)28-18-15-19(2)3/h7-15,24H,4-6,16-18H2,1-3H3. The predicted octanol–water partition coefficient (Wildman–Crippen LogP) is 4.63. The van der Waals surface area contributed by atoms with Crippen LogP contribution in [0.25, 0.3) is 0 Å². The number of sulfone groups is 1. The van der Waals surface area contributed by atoms with Gasteiger partial charge in [0.25, 0.3) is 0 Å². The summed E-state index contributed by atoms with van der Waals surface area (Å²) in [6, 6.07) is 13.1. The topological polar surface area (TPSA) is 64.6 Å². The minimum Gasteiger partial charge on any atom is -0.494 e. The first kappa shape index (κ1) is 23.0. The lowest BCUT2D eigenvalue weighted by Gasteiger charge is -2.09. The van der Waals surface area contributed by atoms with E-state index in [1.807, 2.05) is 19.9 Å². The second kappa shape index (κ2) is 11.6. The zero-order chi connectivity index (χ0) is 21.1. The first-order valence-electron chi connectivity index (χ1n) is 9.98. The van der Waals surface area contributed by atoms with E-state index in [2.05, 4.69) is 12.2 Å². The van der Waals surface area contributed by atoms with Crippen molar-refractivity contribution in [2.24, 2.45) is 0 Å². The summed E-state index contributed by atoms with van der Waals surface area (Å²) in [7, 11) is -3.57. The Labute approximate surface area is 174 Å². The Balaban J connectivity index is 1.94. The summed E-state index contributed by atoms with van der Waals surface area (Å²) in [6.45, 7) is 9.12. The number of benzene rings is 2. The second-order valence-corrected chi connectivity index (χ2v) is 8.90. The van der Waals surface area contributed by atoms with Crippen LogP contribution < -0.4 is 14.8 Å². The molecule has 0 bridgehead atoms. The first-order chi connectivity index (χ1) is 13.9. The molecule has 0 spiro atoms. The third kappa shape index (κ3) is 7.55. The number of hydrogen-bond donors (Lipinski definition) is 1. The molecule has 1 N–H and O–H groups in total. The monoisotopic (exact) mass is 417 g/mol. The van der Waals surface area contributed by atoms with Crippen molar-refractivity contribution >= 4 is 9.84 Å². The van der Waals surface area contributed by atoms with E-state index in [9.17, 15) is 8.42 Å². The van der Waals surface area contributed by atoms with Gasteiger partial charge >= 0.3 is 0 Å². The van der Waals surface area contributed by atoms with E-state index < -0.39 is 9.84 Å². The number of allylic oxidation sites excluding steroid dienone is 1. The molecule has 0 fully saturated rings. The second-order valence-electron chi connectivity index (χ2n) is 6.95. The summed E-state index contributed by atoms with van der Waals surface area (Å²) in [6.07, 6.45) is 3.97. The van der Waals surface area contributed by atoms with Crippen molar-refractivity contribution in [1.82, 2.24) is 5.32 Å². The highest BCUT2D eigenvalue weighted by molar-refractivity contribution is 7.91. The van der Waals surface area contributed by atoms with Crippen molar-refractivity contribution in [3.05, 3.63) is 60.2 Å². The normalized spacial score (nSPS) is 11.1. The van der Waals surface area contributed by atoms with Crippen LogP contribution in [0.3, 0.4) is 0 Å². The summed E-state index contributed by atoms with van der Waals surface area (Å²) in [5.41, 5.74) is 1.17. The van der Waals surface area contributed by atoms with E-state index in [0.717, 1.165) is 25.9 Å². The molecule has 0 heterocycles. The quantitative estimate of drug-likeness (QED) is 0.403. The fourth-order valence-corrected chi connectivity index (χ4v) is 3.85. The van der Waals surface area contributed by atoms with Crippen LogP contribution >= 0.6 is 0 Å². The van der Waals surface area contributed by atoms with E-state index in [1.54, 1.807) is 48.5 Å². The van der Waals surface area contributed by atoms with Gasteiger partial charge in [0.2, 0.25) is 9.84 Å². The molecule has 6 heteroatoms. The Bertz CT molecular complexity index is 868. The molecule has 0 aliphatic carbocycles. The highest BCUT2D eigenvalue weighted by atomic mass is 32.2. The number of ether oxygens (including phenoxy) is 2. The molecule has 0 saturated heterocycles. The average molecular weight is 418 g/mol. The van der Waals surface area contributed by atoms with E-state index in [4.69, 9.17) is 9.47 Å². The predicted molar refractivity (Wildman–Crippen MR) is 117 cm³/mol. The van der Waals surface area contributed by atoms with Crippen LogP contribution in [0.2, 0.25) is 0 Å². The Hall–Kier alpha value is -2.31. The zero-order valence-electron chi connectivity index (χ0n) is 17.5. The smallest absolute Gasteiger partial charge is 0.206 e. The molecule has 158 valence electrons. The molecule has 0 amide bonds. The third-order valence-corrected chi connectivity index (χ3v) is 6.06. The molecular formula is C23H31NO4S. The minimum atomic E-state index is -3.57. The Kier molecular flexibility index (Phi) is 9.22. The molecule has 0 atom stereocenters. The first-order valence-corrected chi connectivity index (χ1v) is 11.5. The molecule has 5 nitrogen and oxygen atoms in total. The van der Waals surface area contributed by atoms with Gasteiger partial charge in [-0.3, -0.25) is 0 Å². The molecular weight excluding hydrogens is 386 g/mol. The van der Waals surface area contributed by atoms with Crippen molar-refractivity contribution in [2.45, 2.75) is 43.4 Å². The van der Waals surface area contributed by atoms with Crippen molar-refractivity contribution < 1.29 is 17.9 Å². The maximum Gasteiger partial charge on any atom is 0.206 e. The Morgan fingerprint density at radius 1 is 0.897 bits per heavy atom. The highest BCUT2D eigenvalue weighted by Crippen LogP contribution is 2.25. The number of rotatable bonds is 12. The molecule has 0 radical (unpaired) electrons. The van der Waals surface area contributed by atoms with Gasteiger partial charge in [-0.25, -0.2) is 8.42 Å². The molecule has 0 aliphatic heterocycles. The van der Waals surface area contributed by atoms with Crippen LogP contribution in [0.1, 0.15) is 33.6 Å². The lowest BCUT2D eigenvalue weighted by atomic mass is 10.3. The largest absolute Gasteiger partial charge is 0.494 e. The fourth-order valence-electron chi connectivity index (χ4n) is 2.59. The van der Waals surface area contributed by atoms with E-state index in [-0.39, 0.29) is 9.79 Å². The van der Waals surface area contributed by atoms with Crippen molar-refractivity contribution in [3.63, 3.8) is 0 Å². The van der Waals surface area contributed by atoms with Crippen molar-refractivity contribution in [1.29, 1.82) is 0 Å². The van der Waals surface area contributed by atoms with Crippen LogP contribution in [-0.4, -0.2) is 34.7 Å². The molecule has 0 aliphatic rings. The van der Waals surface area contributed by atoms with Gasteiger partial charge in [0.15, 0.2) is 0 Å². The lowest BCUT2D eigenvalue weighted by Crippen LogP contribution is -2.14. The number of unbranched alkanes of at least 4 members (excludes halogenated alkanes) is 1. The number of hydrogen-bond acceptors (Lipinski definition) is 5. The van der Waals surface area contributed by atoms with Gasteiger partial charge in [0.05, 0.1) is 16.4 Å². The number of nitrogens with one attached hydrogen (secondary N) is 1. The molecule has 0 unspecified atom stereocenters. The summed E-state index contributed by atoms with van der Waals surface area (Å²) in [4.78, 5) is 0.486. The van der Waals surface area contributed by atoms with Gasteiger partial charge in [-0.15, -0.1) is 0 Å². The van der Waals surface area contributed by atoms with Crippen LogP contribution in [-0.2, 0) is 9.84 Å². The molecule has 2 aromatic rings. The lowest BCUT2D eigenvalue weighted by molar-refractivity contribution is 0.306. The Morgan fingerprint density at radius 3 is 1.97 bits per heavy atom. The van der Waals surface area contributed by atoms with Gasteiger partial charge < -0.3 is 14.8 Å². The summed E-state index contributed by atoms with van der Waals surface area (Å²) < 4.78 is 36.9. The van der Waals surface area contributed by atoms with Crippen LogP contribution in [0.4, 0.5) is 0 Å². The molecule has 29 heavy (non-hydrogen) atoms. The third-order valence-electron chi connectivity index (χ3n) is 4.28. The Morgan fingerprint density at radius 2 is 1.45 bits per heavy atom. The van der Waals surface area contributed by atoms with Gasteiger partial charge in [-0.1, -0.05) is 12.5 Å². The van der Waals surface area contributed by atoms with E-state index >= 15 is 0 Å². The van der Waals surface area contributed by atoms with Crippen LogP contribution in [0.5, 0.6) is 11.5 Å². The zero-order valence-corrected chi connectivity index (χ0v) is 18.3. The maximum absolute atomic E-state index is 12.8. The molecule has 0 aromatic heterocycles. The van der Waals surface area contributed by atoms with Gasteiger partial charge in [0.1, 0.15) is 18.1 Å². The molecule has 0 saturated carbocycles. The minimum absolute atomic E-state index is 0.240. The van der Waals surface area contributed by atoms with E-state index in [0.29, 0.717) is 24.7 Å². The SMILES string of the molecule is CCNCCCCOc1ccc(S(=O)(=O)c2ccc(OCC=C(C)C)cc2)cc1. The van der Waals surface area contributed by atoms with Gasteiger partial charge in [-0.2, -0.15) is 0 Å². The highest BCUT2D eigenvalue weighted by Gasteiger charge is 2.17. The van der Waals surface area contributed by atoms with Crippen LogP contribution in [0, 0.1) is 0 Å². The average Bonchev–Trinajstić information content (AvgIpc) is 2.71.